The van der Waals surface area contributed by atoms with E-state index in [4.69, 9.17) is 14.7 Å². The molecule has 0 aliphatic carbocycles. The van der Waals surface area contributed by atoms with E-state index in [2.05, 4.69) is 0 Å². The number of amides is 1. The molecule has 0 bridgehead atoms. The minimum absolute atomic E-state index is 0.0413. The van der Waals surface area contributed by atoms with Gasteiger partial charge in [-0.05, 0) is 31.0 Å². The molecule has 1 aliphatic heterocycles. The molecule has 0 unspecified atom stereocenters. The van der Waals surface area contributed by atoms with Crippen LogP contribution < -0.4 is 4.65 Å². The fourth-order valence-electron chi connectivity index (χ4n) is 1.93. The van der Waals surface area contributed by atoms with Gasteiger partial charge in [-0.15, -0.1) is 0 Å². The van der Waals surface area contributed by atoms with E-state index in [9.17, 15) is 4.79 Å². The summed E-state index contributed by atoms with van der Waals surface area (Å²) in [6.45, 7) is 1.57. The van der Waals surface area contributed by atoms with Crippen LogP contribution in [0.1, 0.15) is 23.2 Å². The molecule has 2 N–H and O–H groups in total. The maximum Gasteiger partial charge on any atom is 0.707 e. The van der Waals surface area contributed by atoms with Gasteiger partial charge in [-0.2, -0.15) is 0 Å². The summed E-state index contributed by atoms with van der Waals surface area (Å²) in [5, 5.41) is 17.4. The van der Waals surface area contributed by atoms with Gasteiger partial charge in [0, 0.05) is 18.7 Å². The first-order valence-corrected chi connectivity index (χ1v) is 5.59. The van der Waals surface area contributed by atoms with Crippen LogP contribution >= 0.6 is 0 Å². The molecule has 1 aromatic carbocycles. The lowest BCUT2D eigenvalue weighted by atomic mass is 10.1. The lowest BCUT2D eigenvalue weighted by Gasteiger charge is -2.15. The zero-order chi connectivity index (χ0) is 12.3. The normalized spacial score (nSPS) is 14.8. The maximum absolute atomic E-state index is 12.0. The number of hydrogen-bond donors (Lipinski definition) is 2. The summed E-state index contributed by atoms with van der Waals surface area (Å²) in [6, 6.07) is 6.43. The van der Waals surface area contributed by atoms with Gasteiger partial charge < -0.3 is 19.6 Å². The SMILES string of the molecule is O=C(c1cccc(OB(O)O)c1)N1CCCC1. The van der Waals surface area contributed by atoms with Crippen molar-refractivity contribution in [2.75, 3.05) is 13.1 Å². The van der Waals surface area contributed by atoms with E-state index in [1.54, 1.807) is 23.1 Å². The molecule has 1 saturated heterocycles. The van der Waals surface area contributed by atoms with Crippen LogP contribution in [0.5, 0.6) is 5.75 Å². The summed E-state index contributed by atoms with van der Waals surface area (Å²) < 4.78 is 4.71. The first kappa shape index (κ1) is 11.9. The summed E-state index contributed by atoms with van der Waals surface area (Å²) in [5.74, 6) is 0.227. The van der Waals surface area contributed by atoms with Crippen molar-refractivity contribution in [3.8, 4) is 5.75 Å². The Bertz CT molecular complexity index is 404. The van der Waals surface area contributed by atoms with Crippen LogP contribution in [-0.4, -0.2) is 41.3 Å². The van der Waals surface area contributed by atoms with Crippen LogP contribution in [0, 0.1) is 0 Å². The van der Waals surface area contributed by atoms with Crippen molar-refractivity contribution in [2.24, 2.45) is 0 Å². The van der Waals surface area contributed by atoms with Crippen LogP contribution in [0.25, 0.3) is 0 Å². The lowest BCUT2D eigenvalue weighted by Crippen LogP contribution is -2.27. The molecule has 1 heterocycles. The molecule has 0 saturated carbocycles. The molecule has 5 nitrogen and oxygen atoms in total. The molecule has 90 valence electrons. The molecule has 2 rings (SSSR count). The molecule has 1 amide bonds. The lowest BCUT2D eigenvalue weighted by molar-refractivity contribution is 0.0792. The minimum atomic E-state index is -1.87. The van der Waals surface area contributed by atoms with E-state index in [1.165, 1.54) is 6.07 Å². The van der Waals surface area contributed by atoms with Gasteiger partial charge in [0.25, 0.3) is 5.91 Å². The fourth-order valence-corrected chi connectivity index (χ4v) is 1.93. The minimum Gasteiger partial charge on any atom is -0.512 e. The van der Waals surface area contributed by atoms with E-state index < -0.39 is 7.32 Å². The highest BCUT2D eigenvalue weighted by molar-refractivity contribution is 6.33. The van der Waals surface area contributed by atoms with Crippen molar-refractivity contribution >= 4 is 13.2 Å². The van der Waals surface area contributed by atoms with Crippen LogP contribution in [-0.2, 0) is 0 Å². The van der Waals surface area contributed by atoms with Crippen molar-refractivity contribution in [1.29, 1.82) is 0 Å². The highest BCUT2D eigenvalue weighted by atomic mass is 16.6. The summed E-state index contributed by atoms with van der Waals surface area (Å²) in [6.07, 6.45) is 2.08. The van der Waals surface area contributed by atoms with E-state index in [0.717, 1.165) is 25.9 Å². The van der Waals surface area contributed by atoms with Gasteiger partial charge in [0.15, 0.2) is 0 Å². The molecule has 0 radical (unpaired) electrons. The Balaban J connectivity index is 2.12. The van der Waals surface area contributed by atoms with Crippen LogP contribution in [0.4, 0.5) is 0 Å². The maximum atomic E-state index is 12.0. The van der Waals surface area contributed by atoms with E-state index >= 15 is 0 Å². The van der Waals surface area contributed by atoms with E-state index in [-0.39, 0.29) is 11.7 Å². The molecule has 0 atom stereocenters. The molecule has 0 spiro atoms. The monoisotopic (exact) mass is 235 g/mol. The van der Waals surface area contributed by atoms with Gasteiger partial charge in [0.2, 0.25) is 0 Å². The molecule has 1 aromatic rings. The predicted octanol–water partition coefficient (Wildman–Crippen LogP) is 0.271. The van der Waals surface area contributed by atoms with E-state index in [0.29, 0.717) is 5.56 Å². The van der Waals surface area contributed by atoms with Crippen molar-refractivity contribution in [1.82, 2.24) is 4.90 Å². The Kier molecular flexibility index (Phi) is 3.66. The van der Waals surface area contributed by atoms with Crippen LogP contribution in [0.15, 0.2) is 24.3 Å². The predicted molar refractivity (Wildman–Crippen MR) is 62.4 cm³/mol. The topological polar surface area (TPSA) is 70.0 Å². The molecule has 0 aromatic heterocycles. The summed E-state index contributed by atoms with van der Waals surface area (Å²) in [7, 11) is -1.87. The zero-order valence-electron chi connectivity index (χ0n) is 9.37. The molecule has 1 fully saturated rings. The summed E-state index contributed by atoms with van der Waals surface area (Å²) in [4.78, 5) is 13.8. The molecular weight excluding hydrogens is 221 g/mol. The Morgan fingerprint density at radius 2 is 2.00 bits per heavy atom. The zero-order valence-corrected chi connectivity index (χ0v) is 9.37. The first-order chi connectivity index (χ1) is 8.16. The Labute approximate surface area is 99.8 Å². The Hall–Kier alpha value is -1.53. The second-order valence-corrected chi connectivity index (χ2v) is 3.97. The van der Waals surface area contributed by atoms with Crippen molar-refractivity contribution in [3.05, 3.63) is 29.8 Å². The summed E-state index contributed by atoms with van der Waals surface area (Å²) >= 11 is 0. The third kappa shape index (κ3) is 2.98. The van der Waals surface area contributed by atoms with Gasteiger partial charge in [-0.1, -0.05) is 6.07 Å². The van der Waals surface area contributed by atoms with Crippen molar-refractivity contribution in [3.63, 3.8) is 0 Å². The first-order valence-electron chi connectivity index (χ1n) is 5.59. The smallest absolute Gasteiger partial charge is 0.512 e. The standard InChI is InChI=1S/C11H14BNO4/c14-11(13-6-1-2-7-13)9-4-3-5-10(8-9)17-12(15)16/h3-5,8,15-16H,1-2,6-7H2. The number of nitrogens with zero attached hydrogens (tertiary/aromatic N) is 1. The van der Waals surface area contributed by atoms with Gasteiger partial charge >= 0.3 is 7.32 Å². The largest absolute Gasteiger partial charge is 0.707 e. The van der Waals surface area contributed by atoms with Gasteiger partial charge in [0.1, 0.15) is 5.75 Å². The third-order valence-corrected chi connectivity index (χ3v) is 2.72. The average Bonchev–Trinajstić information content (AvgIpc) is 2.81. The van der Waals surface area contributed by atoms with Crippen molar-refractivity contribution in [2.45, 2.75) is 12.8 Å². The number of rotatable bonds is 3. The van der Waals surface area contributed by atoms with Crippen LogP contribution in [0.3, 0.4) is 0 Å². The Morgan fingerprint density at radius 3 is 2.65 bits per heavy atom. The average molecular weight is 235 g/mol. The number of likely N-dealkylation sites (tertiary alicyclic amines) is 1. The third-order valence-electron chi connectivity index (χ3n) is 2.72. The van der Waals surface area contributed by atoms with E-state index in [1.807, 2.05) is 0 Å². The quantitative estimate of drug-likeness (QED) is 0.738. The second kappa shape index (κ2) is 5.20. The van der Waals surface area contributed by atoms with Gasteiger partial charge in [-0.3, -0.25) is 4.79 Å². The van der Waals surface area contributed by atoms with Crippen molar-refractivity contribution < 1.29 is 19.5 Å². The summed E-state index contributed by atoms with van der Waals surface area (Å²) in [5.41, 5.74) is 0.505. The highest BCUT2D eigenvalue weighted by Crippen LogP contribution is 2.17. The van der Waals surface area contributed by atoms with Gasteiger partial charge in [-0.25, -0.2) is 0 Å². The Morgan fingerprint density at radius 1 is 1.29 bits per heavy atom. The number of carbonyl (C=O) groups is 1. The highest BCUT2D eigenvalue weighted by Gasteiger charge is 2.20. The molecular formula is C11H14BNO4. The number of hydrogen-bond acceptors (Lipinski definition) is 4. The molecule has 6 heteroatoms. The molecule has 17 heavy (non-hydrogen) atoms. The van der Waals surface area contributed by atoms with Gasteiger partial charge in [0.05, 0.1) is 0 Å². The number of benzene rings is 1. The molecule has 1 aliphatic rings. The fraction of sp³-hybridized carbons (Fsp3) is 0.364. The second-order valence-electron chi connectivity index (χ2n) is 3.97. The van der Waals surface area contributed by atoms with Crippen LogP contribution in [0.2, 0.25) is 0 Å². The number of carbonyl (C=O) groups excluding carboxylic acids is 1.